The SMILES string of the molecule is C(=Nc1c(-c2c3ccccc3cc3ccccc23)[nH]c2ccccc12)c1c2ccccc2cc2ccccc12. The predicted molar refractivity (Wildman–Crippen MR) is 167 cm³/mol. The molecule has 1 aromatic heterocycles. The Morgan fingerprint density at radius 3 is 1.46 bits per heavy atom. The van der Waals surface area contributed by atoms with Gasteiger partial charge in [0.2, 0.25) is 0 Å². The van der Waals surface area contributed by atoms with Gasteiger partial charge >= 0.3 is 0 Å². The first-order chi connectivity index (χ1) is 19.3. The van der Waals surface area contributed by atoms with Gasteiger partial charge in [0.1, 0.15) is 0 Å². The summed E-state index contributed by atoms with van der Waals surface area (Å²) in [7, 11) is 0. The minimum atomic E-state index is 0.962. The number of hydrogen-bond acceptors (Lipinski definition) is 1. The summed E-state index contributed by atoms with van der Waals surface area (Å²) in [6.07, 6.45) is 2.07. The molecule has 1 heterocycles. The number of para-hydroxylation sites is 1. The van der Waals surface area contributed by atoms with Crippen molar-refractivity contribution in [3.05, 3.63) is 139 Å². The summed E-state index contributed by atoms with van der Waals surface area (Å²) in [6.45, 7) is 0. The van der Waals surface area contributed by atoms with Crippen molar-refractivity contribution < 1.29 is 0 Å². The highest BCUT2D eigenvalue weighted by Gasteiger charge is 2.18. The van der Waals surface area contributed by atoms with E-state index >= 15 is 0 Å². The lowest BCUT2D eigenvalue weighted by atomic mass is 9.94. The van der Waals surface area contributed by atoms with Gasteiger partial charge in [-0.15, -0.1) is 0 Å². The van der Waals surface area contributed by atoms with Crippen molar-refractivity contribution in [3.63, 3.8) is 0 Å². The molecule has 0 aliphatic rings. The van der Waals surface area contributed by atoms with E-state index in [9.17, 15) is 0 Å². The van der Waals surface area contributed by atoms with Gasteiger partial charge in [-0.2, -0.15) is 0 Å². The zero-order valence-electron chi connectivity index (χ0n) is 21.2. The van der Waals surface area contributed by atoms with E-state index in [1.807, 2.05) is 0 Å². The lowest BCUT2D eigenvalue weighted by Crippen LogP contribution is -1.89. The molecule has 0 fully saturated rings. The average molecular weight is 497 g/mol. The number of nitrogens with zero attached hydrogens (tertiary/aromatic N) is 1. The monoisotopic (exact) mass is 496 g/mol. The summed E-state index contributed by atoms with van der Waals surface area (Å²) >= 11 is 0. The number of H-pyrrole nitrogens is 1. The number of aromatic amines is 1. The Kier molecular flexibility index (Phi) is 4.86. The van der Waals surface area contributed by atoms with Crippen molar-refractivity contribution in [2.75, 3.05) is 0 Å². The third-order valence-corrected chi connectivity index (χ3v) is 7.84. The van der Waals surface area contributed by atoms with Gasteiger partial charge in [0.25, 0.3) is 0 Å². The Bertz CT molecular complexity index is 2130. The summed E-state index contributed by atoms with van der Waals surface area (Å²) in [4.78, 5) is 9.06. The van der Waals surface area contributed by atoms with Crippen LogP contribution in [0.4, 0.5) is 5.69 Å². The second-order valence-electron chi connectivity index (χ2n) is 10.1. The predicted octanol–water partition coefficient (Wildman–Crippen LogP) is 10.2. The van der Waals surface area contributed by atoms with Gasteiger partial charge in [-0.05, 0) is 61.3 Å². The van der Waals surface area contributed by atoms with E-state index < -0.39 is 0 Å². The van der Waals surface area contributed by atoms with Crippen LogP contribution in [-0.4, -0.2) is 11.2 Å². The standard InChI is InChI=1S/C37H24N2/c1-5-15-28-24(11-1)21-25-12-2-6-16-29(25)33(28)23-38-36-32-19-9-10-20-34(32)39-37(36)35-30-17-7-3-13-26(30)22-27-14-4-8-18-31(27)35/h1-23,39H. The van der Waals surface area contributed by atoms with Crippen LogP contribution in [0.1, 0.15) is 5.56 Å². The number of fused-ring (bicyclic) bond motifs is 5. The van der Waals surface area contributed by atoms with Crippen molar-refractivity contribution in [2.45, 2.75) is 0 Å². The molecule has 2 heteroatoms. The van der Waals surface area contributed by atoms with Gasteiger partial charge in [-0.1, -0.05) is 115 Å². The first-order valence-electron chi connectivity index (χ1n) is 13.3. The summed E-state index contributed by atoms with van der Waals surface area (Å²) in [5.74, 6) is 0. The molecular weight excluding hydrogens is 472 g/mol. The van der Waals surface area contributed by atoms with Crippen LogP contribution < -0.4 is 0 Å². The Morgan fingerprint density at radius 1 is 0.462 bits per heavy atom. The van der Waals surface area contributed by atoms with Crippen LogP contribution in [-0.2, 0) is 0 Å². The van der Waals surface area contributed by atoms with Crippen molar-refractivity contribution in [1.29, 1.82) is 0 Å². The maximum Gasteiger partial charge on any atom is 0.0964 e. The van der Waals surface area contributed by atoms with Crippen LogP contribution in [0.5, 0.6) is 0 Å². The lowest BCUT2D eigenvalue weighted by Gasteiger charge is -2.12. The van der Waals surface area contributed by atoms with E-state index in [-0.39, 0.29) is 0 Å². The summed E-state index contributed by atoms with van der Waals surface area (Å²) in [6, 6.07) is 47.4. The van der Waals surface area contributed by atoms with Crippen molar-refractivity contribution >= 4 is 65.9 Å². The van der Waals surface area contributed by atoms with Gasteiger partial charge in [-0.3, -0.25) is 4.99 Å². The molecule has 182 valence electrons. The zero-order chi connectivity index (χ0) is 25.8. The van der Waals surface area contributed by atoms with E-state index in [1.54, 1.807) is 0 Å². The zero-order valence-corrected chi connectivity index (χ0v) is 21.2. The molecule has 0 radical (unpaired) electrons. The van der Waals surface area contributed by atoms with Crippen LogP contribution in [0.3, 0.4) is 0 Å². The number of aliphatic imine (C=N–C) groups is 1. The molecule has 0 aliphatic carbocycles. The Balaban J connectivity index is 1.46. The van der Waals surface area contributed by atoms with Crippen molar-refractivity contribution in [1.82, 2.24) is 4.98 Å². The van der Waals surface area contributed by atoms with E-state index in [4.69, 9.17) is 4.99 Å². The van der Waals surface area contributed by atoms with E-state index in [2.05, 4.69) is 145 Å². The number of aromatic nitrogens is 1. The van der Waals surface area contributed by atoms with Crippen LogP contribution in [0, 0.1) is 0 Å². The van der Waals surface area contributed by atoms with Crippen LogP contribution in [0.15, 0.2) is 138 Å². The van der Waals surface area contributed by atoms with Crippen LogP contribution in [0.2, 0.25) is 0 Å². The average Bonchev–Trinajstić information content (AvgIpc) is 3.36. The Hall–Kier alpha value is -5.21. The molecule has 0 atom stereocenters. The first-order valence-corrected chi connectivity index (χ1v) is 13.3. The third-order valence-electron chi connectivity index (χ3n) is 7.84. The smallest absolute Gasteiger partial charge is 0.0964 e. The molecule has 0 saturated carbocycles. The Labute approximate surface area is 225 Å². The fourth-order valence-corrected chi connectivity index (χ4v) is 6.04. The van der Waals surface area contributed by atoms with Crippen molar-refractivity contribution in [2.24, 2.45) is 4.99 Å². The molecule has 0 aliphatic heterocycles. The van der Waals surface area contributed by atoms with Gasteiger partial charge in [0.15, 0.2) is 0 Å². The summed E-state index contributed by atoms with van der Waals surface area (Å²) in [5, 5.41) is 10.8. The minimum Gasteiger partial charge on any atom is -0.353 e. The molecule has 0 spiro atoms. The number of hydrogen-bond donors (Lipinski definition) is 1. The fourth-order valence-electron chi connectivity index (χ4n) is 6.04. The normalized spacial score (nSPS) is 12.0. The first kappa shape index (κ1) is 21.8. The molecule has 8 aromatic rings. The minimum absolute atomic E-state index is 0.962. The fraction of sp³-hybridized carbons (Fsp3) is 0. The molecule has 0 amide bonds. The number of nitrogens with one attached hydrogen (secondary N) is 1. The molecule has 0 bridgehead atoms. The number of rotatable bonds is 3. The van der Waals surface area contributed by atoms with Gasteiger partial charge in [0, 0.05) is 28.2 Å². The molecule has 8 rings (SSSR count). The van der Waals surface area contributed by atoms with Gasteiger partial charge in [-0.25, -0.2) is 0 Å². The largest absolute Gasteiger partial charge is 0.353 e. The molecule has 7 aromatic carbocycles. The molecule has 39 heavy (non-hydrogen) atoms. The van der Waals surface area contributed by atoms with Gasteiger partial charge in [0.05, 0.1) is 11.4 Å². The molecule has 1 N–H and O–H groups in total. The topological polar surface area (TPSA) is 28.1 Å². The quantitative estimate of drug-likeness (QED) is 0.186. The van der Waals surface area contributed by atoms with E-state index in [0.717, 1.165) is 27.8 Å². The van der Waals surface area contributed by atoms with E-state index in [0.29, 0.717) is 0 Å². The van der Waals surface area contributed by atoms with Crippen LogP contribution in [0.25, 0.3) is 65.3 Å². The molecule has 2 nitrogen and oxygen atoms in total. The molecule has 0 saturated heterocycles. The second kappa shape index (κ2) is 8.68. The summed E-state index contributed by atoms with van der Waals surface area (Å²) in [5.41, 5.74) is 5.42. The highest BCUT2D eigenvalue weighted by atomic mass is 14.8. The van der Waals surface area contributed by atoms with Crippen LogP contribution >= 0.6 is 0 Å². The number of benzene rings is 7. The molecule has 0 unspecified atom stereocenters. The molecular formula is C37H24N2. The maximum atomic E-state index is 5.30. The third kappa shape index (κ3) is 3.46. The highest BCUT2D eigenvalue weighted by molar-refractivity contribution is 6.18. The second-order valence-corrected chi connectivity index (χ2v) is 10.1. The van der Waals surface area contributed by atoms with Crippen molar-refractivity contribution in [3.8, 4) is 11.3 Å². The summed E-state index contributed by atoms with van der Waals surface area (Å²) < 4.78 is 0. The highest BCUT2D eigenvalue weighted by Crippen LogP contribution is 2.44. The lowest BCUT2D eigenvalue weighted by molar-refractivity contribution is 1.45. The van der Waals surface area contributed by atoms with Gasteiger partial charge < -0.3 is 4.98 Å². The Morgan fingerprint density at radius 2 is 0.897 bits per heavy atom. The van der Waals surface area contributed by atoms with E-state index in [1.165, 1.54) is 48.7 Å². The maximum absolute atomic E-state index is 5.30.